The minimum Gasteiger partial charge on any atom is -0.370 e. The number of fused-ring (bicyclic) bond motifs is 1. The van der Waals surface area contributed by atoms with E-state index < -0.39 is 17.7 Å². The predicted molar refractivity (Wildman–Crippen MR) is 99.2 cm³/mol. The first-order valence-corrected chi connectivity index (χ1v) is 10.4. The lowest BCUT2D eigenvalue weighted by Gasteiger charge is -2.41. The number of rotatable bonds is 4. The van der Waals surface area contributed by atoms with E-state index >= 15 is 0 Å². The molecule has 1 saturated carbocycles. The maximum atomic E-state index is 14.1. The van der Waals surface area contributed by atoms with Gasteiger partial charge in [-0.2, -0.15) is 0 Å². The summed E-state index contributed by atoms with van der Waals surface area (Å²) in [5, 5.41) is 0. The molecule has 4 fully saturated rings. The van der Waals surface area contributed by atoms with Gasteiger partial charge < -0.3 is 15.4 Å². The van der Waals surface area contributed by atoms with Crippen molar-refractivity contribution in [3.63, 3.8) is 0 Å². The molecule has 3 heterocycles. The molecule has 0 amide bonds. The van der Waals surface area contributed by atoms with Crippen LogP contribution in [-0.4, -0.2) is 60.7 Å². The molecule has 3 aliphatic heterocycles. The Morgan fingerprint density at radius 2 is 2.00 bits per heavy atom. The van der Waals surface area contributed by atoms with Crippen LogP contribution in [0.15, 0.2) is 18.2 Å². The van der Waals surface area contributed by atoms with Crippen molar-refractivity contribution in [2.24, 2.45) is 17.6 Å². The number of nitrogens with two attached hydrogens (primary N) is 1. The Balaban J connectivity index is 1.24. The standard InChI is InChI=1S/C21H29F2N3O/c22-15-3-4-18(23)17(7-15)21-19(24)8-16(12-27-21)26-6-5-14-10-25(11-20(14)26)9-13-1-2-13/h3-4,7,13-14,16,19-21H,1-2,5-6,8-12,24H2/t14?,16-,19+,20?,21-/m1/s1. The Morgan fingerprint density at radius 3 is 2.78 bits per heavy atom. The van der Waals surface area contributed by atoms with E-state index in [1.807, 2.05) is 0 Å². The van der Waals surface area contributed by atoms with E-state index in [1.165, 1.54) is 38.4 Å². The molecule has 0 radical (unpaired) electrons. The summed E-state index contributed by atoms with van der Waals surface area (Å²) >= 11 is 0. The molecular formula is C21H29F2N3O. The van der Waals surface area contributed by atoms with Gasteiger partial charge >= 0.3 is 0 Å². The van der Waals surface area contributed by atoms with E-state index in [9.17, 15) is 8.78 Å². The molecule has 5 atom stereocenters. The molecule has 27 heavy (non-hydrogen) atoms. The minimum atomic E-state index is -0.565. The lowest BCUT2D eigenvalue weighted by molar-refractivity contribution is -0.0551. The van der Waals surface area contributed by atoms with Crippen molar-refractivity contribution in [1.29, 1.82) is 0 Å². The first-order chi connectivity index (χ1) is 13.1. The van der Waals surface area contributed by atoms with Gasteiger partial charge in [0.1, 0.15) is 17.7 Å². The van der Waals surface area contributed by atoms with Gasteiger partial charge in [0.25, 0.3) is 0 Å². The van der Waals surface area contributed by atoms with Crippen LogP contribution in [0.3, 0.4) is 0 Å². The van der Waals surface area contributed by atoms with Crippen LogP contribution < -0.4 is 5.73 Å². The molecule has 2 unspecified atom stereocenters. The van der Waals surface area contributed by atoms with Gasteiger partial charge in [-0.1, -0.05) is 0 Å². The van der Waals surface area contributed by atoms with E-state index in [4.69, 9.17) is 10.5 Å². The average Bonchev–Trinajstić information content (AvgIpc) is 3.23. The quantitative estimate of drug-likeness (QED) is 0.876. The van der Waals surface area contributed by atoms with Crippen molar-refractivity contribution in [2.75, 3.05) is 32.8 Å². The number of likely N-dealkylation sites (tertiary alicyclic amines) is 2. The third-order valence-corrected chi connectivity index (χ3v) is 7.01. The lowest BCUT2D eigenvalue weighted by Crippen LogP contribution is -2.52. The van der Waals surface area contributed by atoms with Gasteiger partial charge in [0.2, 0.25) is 0 Å². The summed E-state index contributed by atoms with van der Waals surface area (Å²) < 4.78 is 33.7. The third kappa shape index (κ3) is 3.53. The van der Waals surface area contributed by atoms with E-state index in [0.29, 0.717) is 12.6 Å². The second-order valence-corrected chi connectivity index (χ2v) is 8.99. The van der Waals surface area contributed by atoms with Crippen molar-refractivity contribution < 1.29 is 13.5 Å². The number of hydrogen-bond acceptors (Lipinski definition) is 4. The zero-order valence-electron chi connectivity index (χ0n) is 15.7. The topological polar surface area (TPSA) is 41.7 Å². The summed E-state index contributed by atoms with van der Waals surface area (Å²) in [5.74, 6) is 0.806. The molecule has 0 spiro atoms. The normalized spacial score (nSPS) is 37.7. The molecule has 4 nitrogen and oxygen atoms in total. The zero-order chi connectivity index (χ0) is 18.5. The molecule has 0 bridgehead atoms. The van der Waals surface area contributed by atoms with Gasteiger partial charge in [-0.15, -0.1) is 0 Å². The van der Waals surface area contributed by atoms with Gasteiger partial charge in [0.05, 0.1) is 6.61 Å². The fraction of sp³-hybridized carbons (Fsp3) is 0.714. The highest BCUT2D eigenvalue weighted by Gasteiger charge is 2.46. The Kier molecular flexibility index (Phi) is 4.71. The van der Waals surface area contributed by atoms with Crippen LogP contribution in [0.5, 0.6) is 0 Å². The summed E-state index contributed by atoms with van der Waals surface area (Å²) in [6, 6.07) is 4.08. The molecule has 148 valence electrons. The van der Waals surface area contributed by atoms with Crippen LogP contribution in [0.2, 0.25) is 0 Å². The molecule has 1 aromatic carbocycles. The summed E-state index contributed by atoms with van der Waals surface area (Å²) in [6.07, 6.45) is 4.26. The summed E-state index contributed by atoms with van der Waals surface area (Å²) in [6.45, 7) is 5.30. The Labute approximate surface area is 159 Å². The molecular weight excluding hydrogens is 348 g/mol. The van der Waals surface area contributed by atoms with Crippen molar-refractivity contribution in [3.05, 3.63) is 35.4 Å². The van der Waals surface area contributed by atoms with Crippen LogP contribution in [-0.2, 0) is 4.74 Å². The highest BCUT2D eigenvalue weighted by molar-refractivity contribution is 5.23. The molecule has 5 rings (SSSR count). The number of halogens is 2. The van der Waals surface area contributed by atoms with Crippen molar-refractivity contribution in [3.8, 4) is 0 Å². The zero-order valence-corrected chi connectivity index (χ0v) is 15.7. The Hall–Kier alpha value is -1.08. The van der Waals surface area contributed by atoms with Crippen LogP contribution >= 0.6 is 0 Å². The number of benzene rings is 1. The molecule has 1 aromatic rings. The van der Waals surface area contributed by atoms with Gasteiger partial charge in [-0.25, -0.2) is 8.78 Å². The van der Waals surface area contributed by atoms with Crippen LogP contribution in [0.1, 0.15) is 37.4 Å². The number of ether oxygens (including phenoxy) is 1. The molecule has 0 aromatic heterocycles. The minimum absolute atomic E-state index is 0.247. The number of hydrogen-bond donors (Lipinski definition) is 1. The van der Waals surface area contributed by atoms with Gasteiger partial charge in [-0.05, 0) is 62.3 Å². The summed E-state index contributed by atoms with van der Waals surface area (Å²) in [4.78, 5) is 5.24. The maximum absolute atomic E-state index is 14.1. The number of nitrogens with zero attached hydrogens (tertiary/aromatic N) is 2. The second kappa shape index (κ2) is 7.07. The molecule has 4 aliphatic rings. The highest BCUT2D eigenvalue weighted by Crippen LogP contribution is 2.39. The van der Waals surface area contributed by atoms with Crippen LogP contribution in [0.25, 0.3) is 0 Å². The van der Waals surface area contributed by atoms with Crippen molar-refractivity contribution in [1.82, 2.24) is 9.80 Å². The molecule has 6 heteroatoms. The highest BCUT2D eigenvalue weighted by atomic mass is 19.1. The van der Waals surface area contributed by atoms with Gasteiger partial charge in [-0.3, -0.25) is 4.90 Å². The monoisotopic (exact) mass is 377 g/mol. The van der Waals surface area contributed by atoms with E-state index in [1.54, 1.807) is 0 Å². The van der Waals surface area contributed by atoms with E-state index in [2.05, 4.69) is 9.80 Å². The van der Waals surface area contributed by atoms with Crippen molar-refractivity contribution >= 4 is 0 Å². The van der Waals surface area contributed by atoms with Crippen LogP contribution in [0.4, 0.5) is 8.78 Å². The lowest BCUT2D eigenvalue weighted by atomic mass is 9.92. The van der Waals surface area contributed by atoms with E-state index in [-0.39, 0.29) is 17.6 Å². The Bertz CT molecular complexity index is 698. The van der Waals surface area contributed by atoms with Crippen LogP contribution in [0, 0.1) is 23.5 Å². The average molecular weight is 377 g/mol. The smallest absolute Gasteiger partial charge is 0.129 e. The van der Waals surface area contributed by atoms with Gasteiger partial charge in [0, 0.05) is 43.3 Å². The second-order valence-electron chi connectivity index (χ2n) is 8.99. The first kappa shape index (κ1) is 18.0. The SMILES string of the molecule is N[C@H]1C[C@@H](N2CCC3CN(CC4CC4)CC32)CO[C@@H]1c1cc(F)ccc1F. The fourth-order valence-corrected chi connectivity index (χ4v) is 5.48. The summed E-state index contributed by atoms with van der Waals surface area (Å²) in [5.41, 5.74) is 6.62. The molecule has 2 N–H and O–H groups in total. The van der Waals surface area contributed by atoms with E-state index in [0.717, 1.165) is 43.5 Å². The maximum Gasteiger partial charge on any atom is 0.129 e. The third-order valence-electron chi connectivity index (χ3n) is 7.01. The summed E-state index contributed by atoms with van der Waals surface area (Å²) in [7, 11) is 0. The molecule has 1 aliphatic carbocycles. The van der Waals surface area contributed by atoms with Crippen molar-refractivity contribution in [2.45, 2.75) is 49.9 Å². The predicted octanol–water partition coefficient (Wildman–Crippen LogP) is 2.54. The first-order valence-electron chi connectivity index (χ1n) is 10.4. The molecule has 3 saturated heterocycles. The largest absolute Gasteiger partial charge is 0.370 e. The van der Waals surface area contributed by atoms with Gasteiger partial charge in [0.15, 0.2) is 0 Å². The Morgan fingerprint density at radius 1 is 1.15 bits per heavy atom. The fourth-order valence-electron chi connectivity index (χ4n) is 5.48.